The molecular weight excluding hydrogens is 397 g/mol. The van der Waals surface area contributed by atoms with Crippen LogP contribution in [0.15, 0.2) is 11.6 Å². The largest absolute Gasteiger partial charge is 0.412 e. The molecule has 1 saturated carbocycles. The highest BCUT2D eigenvalue weighted by Crippen LogP contribution is 2.74. The van der Waals surface area contributed by atoms with Gasteiger partial charge in [-0.2, -0.15) is 48.3 Å². The van der Waals surface area contributed by atoms with Crippen molar-refractivity contribution in [2.24, 2.45) is 35.5 Å². The summed E-state index contributed by atoms with van der Waals surface area (Å²) in [5.74, 6) is -17.4. The minimum atomic E-state index is -5.46. The predicted molar refractivity (Wildman–Crippen MR) is 57.0 cm³/mol. The van der Waals surface area contributed by atoms with Crippen molar-refractivity contribution in [3.05, 3.63) is 11.6 Å². The highest BCUT2D eigenvalue weighted by Gasteiger charge is 2.85. The Bertz CT molecular complexity index is 640. The zero-order valence-electron chi connectivity index (χ0n) is 12.0. The molecule has 26 heavy (non-hydrogen) atoms. The quantitative estimate of drug-likeness (QED) is 0.433. The van der Waals surface area contributed by atoms with Gasteiger partial charge in [-0.1, -0.05) is 6.08 Å². The molecule has 2 bridgehead atoms. The molecule has 13 heteroatoms. The first-order valence-electron chi connectivity index (χ1n) is 7.21. The molecule has 0 N–H and O–H groups in total. The standard InChI is InChI=1S/C13H7F11O2/c14-9(15,16)3-1-2-5-7(12(21,22)25-10(5,17)18)4(3)8-6(2)11(19,20)26-13(8,23)24/h1-2,4-8H. The van der Waals surface area contributed by atoms with E-state index in [-0.39, 0.29) is 6.08 Å². The van der Waals surface area contributed by atoms with Crippen LogP contribution in [-0.4, -0.2) is 30.6 Å². The van der Waals surface area contributed by atoms with Gasteiger partial charge in [0.1, 0.15) is 0 Å². The van der Waals surface area contributed by atoms with E-state index in [2.05, 4.69) is 9.47 Å². The first-order valence-corrected chi connectivity index (χ1v) is 7.21. The summed E-state index contributed by atoms with van der Waals surface area (Å²) in [6.07, 6.45) is -24.9. The van der Waals surface area contributed by atoms with Gasteiger partial charge < -0.3 is 0 Å². The summed E-state index contributed by atoms with van der Waals surface area (Å²) >= 11 is 0. The first-order chi connectivity index (χ1) is 11.5. The molecule has 0 spiro atoms. The first kappa shape index (κ1) is 18.3. The van der Waals surface area contributed by atoms with Crippen LogP contribution in [0, 0.1) is 35.5 Å². The van der Waals surface area contributed by atoms with Crippen LogP contribution in [0.25, 0.3) is 0 Å². The van der Waals surface area contributed by atoms with Gasteiger partial charge in [0.2, 0.25) is 0 Å². The van der Waals surface area contributed by atoms with Crippen molar-refractivity contribution in [3.8, 4) is 0 Å². The molecule has 0 aromatic rings. The van der Waals surface area contributed by atoms with Crippen molar-refractivity contribution >= 4 is 0 Å². The fourth-order valence-electron chi connectivity index (χ4n) is 4.91. The van der Waals surface area contributed by atoms with Gasteiger partial charge in [0, 0.05) is 17.4 Å². The maximum atomic E-state index is 13.9. The average molecular weight is 404 g/mol. The summed E-state index contributed by atoms with van der Waals surface area (Å²) in [6, 6.07) is 0. The Balaban J connectivity index is 1.97. The number of halogens is 11. The van der Waals surface area contributed by atoms with Gasteiger partial charge in [-0.05, 0) is 0 Å². The summed E-state index contributed by atoms with van der Waals surface area (Å²) in [5, 5.41) is 0. The molecule has 2 heterocycles. The molecule has 5 rings (SSSR count). The van der Waals surface area contributed by atoms with E-state index in [4.69, 9.17) is 0 Å². The topological polar surface area (TPSA) is 18.5 Å². The van der Waals surface area contributed by atoms with Crippen LogP contribution < -0.4 is 0 Å². The van der Waals surface area contributed by atoms with Gasteiger partial charge in [0.25, 0.3) is 0 Å². The molecule has 3 fully saturated rings. The van der Waals surface area contributed by atoms with Crippen molar-refractivity contribution in [2.45, 2.75) is 30.6 Å². The lowest BCUT2D eigenvalue weighted by Gasteiger charge is -2.51. The van der Waals surface area contributed by atoms with Crippen molar-refractivity contribution in [1.29, 1.82) is 0 Å². The fourth-order valence-corrected chi connectivity index (χ4v) is 4.91. The Morgan fingerprint density at radius 2 is 1.00 bits per heavy atom. The molecule has 148 valence electrons. The second kappa shape index (κ2) is 4.47. The molecule has 5 aliphatic rings. The molecule has 2 aliphatic heterocycles. The molecule has 0 amide bonds. The van der Waals surface area contributed by atoms with E-state index in [1.807, 2.05) is 0 Å². The maximum Gasteiger partial charge on any atom is 0.412 e. The van der Waals surface area contributed by atoms with Crippen LogP contribution in [0.5, 0.6) is 0 Å². The van der Waals surface area contributed by atoms with Gasteiger partial charge in [-0.15, -0.1) is 0 Å². The van der Waals surface area contributed by atoms with E-state index in [0.717, 1.165) is 0 Å². The zero-order chi connectivity index (χ0) is 19.7. The molecule has 2 nitrogen and oxygen atoms in total. The highest BCUT2D eigenvalue weighted by atomic mass is 19.4. The van der Waals surface area contributed by atoms with Gasteiger partial charge >= 0.3 is 30.6 Å². The third-order valence-electron chi connectivity index (χ3n) is 5.53. The Labute approximate surface area is 136 Å². The number of hydrogen-bond acceptors (Lipinski definition) is 2. The van der Waals surface area contributed by atoms with Crippen LogP contribution in [0.1, 0.15) is 0 Å². The van der Waals surface area contributed by atoms with E-state index >= 15 is 0 Å². The molecular formula is C13H7F11O2. The monoisotopic (exact) mass is 404 g/mol. The molecule has 0 aromatic heterocycles. The summed E-state index contributed by atoms with van der Waals surface area (Å²) in [7, 11) is 0. The van der Waals surface area contributed by atoms with E-state index in [1.165, 1.54) is 0 Å². The highest BCUT2D eigenvalue weighted by molar-refractivity contribution is 5.32. The zero-order valence-corrected chi connectivity index (χ0v) is 12.0. The second-order valence-electron chi connectivity index (χ2n) is 6.78. The third kappa shape index (κ3) is 2.06. The Morgan fingerprint density at radius 3 is 1.35 bits per heavy atom. The van der Waals surface area contributed by atoms with Gasteiger partial charge in [-0.3, -0.25) is 9.47 Å². The summed E-state index contributed by atoms with van der Waals surface area (Å²) in [4.78, 5) is 0. The maximum absolute atomic E-state index is 13.9. The van der Waals surface area contributed by atoms with Crippen molar-refractivity contribution in [3.63, 3.8) is 0 Å². The van der Waals surface area contributed by atoms with Crippen LogP contribution in [0.3, 0.4) is 0 Å². The van der Waals surface area contributed by atoms with Gasteiger partial charge in [-0.25, -0.2) is 0 Å². The average Bonchev–Trinajstić information content (AvgIpc) is 2.74. The van der Waals surface area contributed by atoms with Crippen LogP contribution >= 0.6 is 0 Å². The van der Waals surface area contributed by atoms with Gasteiger partial charge in [0.05, 0.1) is 23.7 Å². The van der Waals surface area contributed by atoms with Crippen LogP contribution in [0.4, 0.5) is 48.3 Å². The van der Waals surface area contributed by atoms with Crippen molar-refractivity contribution < 1.29 is 57.8 Å². The summed E-state index contributed by atoms with van der Waals surface area (Å²) < 4.78 is 157. The number of ether oxygens (including phenoxy) is 2. The van der Waals surface area contributed by atoms with Gasteiger partial charge in [0.15, 0.2) is 0 Å². The number of rotatable bonds is 0. The van der Waals surface area contributed by atoms with E-state index < -0.39 is 71.7 Å². The number of alkyl halides is 11. The lowest BCUT2D eigenvalue weighted by Crippen LogP contribution is -2.59. The predicted octanol–water partition coefficient (Wildman–Crippen LogP) is 4.63. The van der Waals surface area contributed by atoms with E-state index in [9.17, 15) is 48.3 Å². The Hall–Kier alpha value is -1.11. The third-order valence-corrected chi connectivity index (χ3v) is 5.53. The number of allylic oxidation sites excluding steroid dienone is 2. The molecule has 2 saturated heterocycles. The lowest BCUT2D eigenvalue weighted by molar-refractivity contribution is -0.353. The Kier molecular flexibility index (Phi) is 3.14. The van der Waals surface area contributed by atoms with E-state index in [1.54, 1.807) is 0 Å². The second-order valence-corrected chi connectivity index (χ2v) is 6.78. The normalized spacial score (nSPS) is 46.7. The van der Waals surface area contributed by atoms with Crippen LogP contribution in [-0.2, 0) is 9.47 Å². The van der Waals surface area contributed by atoms with Crippen LogP contribution in [0.2, 0.25) is 0 Å². The summed E-state index contributed by atoms with van der Waals surface area (Å²) in [6.45, 7) is 0. The van der Waals surface area contributed by atoms with E-state index in [0.29, 0.717) is 0 Å². The smallest absolute Gasteiger partial charge is 0.255 e. The molecule has 3 aliphatic carbocycles. The Morgan fingerprint density at radius 1 is 0.654 bits per heavy atom. The van der Waals surface area contributed by atoms with Crippen molar-refractivity contribution in [1.82, 2.24) is 0 Å². The minimum Gasteiger partial charge on any atom is -0.255 e. The lowest BCUT2D eigenvalue weighted by atomic mass is 9.50. The number of hydrogen-bond donors (Lipinski definition) is 0. The fraction of sp³-hybridized carbons (Fsp3) is 0.846. The molecule has 0 aromatic carbocycles. The SMILES string of the molecule is FC(F)(F)C1=CC2C3C(C1C1C2C(F)(F)OC1(F)F)C(F)(F)OC3(F)F. The molecule has 0 radical (unpaired) electrons. The molecule has 4 atom stereocenters. The minimum absolute atomic E-state index is 0.0790. The van der Waals surface area contributed by atoms with Crippen molar-refractivity contribution in [2.75, 3.05) is 0 Å². The molecule has 4 unspecified atom stereocenters. The summed E-state index contributed by atoms with van der Waals surface area (Å²) in [5.41, 5.74) is -1.97.